The van der Waals surface area contributed by atoms with Gasteiger partial charge in [0, 0.05) is 18.2 Å². The van der Waals surface area contributed by atoms with Crippen molar-refractivity contribution in [1.82, 2.24) is 5.32 Å². The quantitative estimate of drug-likeness (QED) is 0.795. The van der Waals surface area contributed by atoms with Gasteiger partial charge in [-0.1, -0.05) is 31.5 Å². The summed E-state index contributed by atoms with van der Waals surface area (Å²) in [6, 6.07) is 7.61. The monoisotopic (exact) mass is 220 g/mol. The van der Waals surface area contributed by atoms with E-state index in [9.17, 15) is 4.79 Å². The Morgan fingerprint density at radius 2 is 2.12 bits per heavy atom. The third-order valence-electron chi connectivity index (χ3n) is 2.57. The Labute approximate surface area is 97.0 Å². The van der Waals surface area contributed by atoms with E-state index in [2.05, 4.69) is 12.2 Å². The lowest BCUT2D eigenvalue weighted by Crippen LogP contribution is -2.37. The van der Waals surface area contributed by atoms with Crippen LogP contribution in [0.5, 0.6) is 0 Å². The summed E-state index contributed by atoms with van der Waals surface area (Å²) >= 11 is 0. The molecule has 0 fully saturated rings. The van der Waals surface area contributed by atoms with E-state index >= 15 is 0 Å². The van der Waals surface area contributed by atoms with Gasteiger partial charge in [-0.25, -0.2) is 0 Å². The van der Waals surface area contributed by atoms with Crippen LogP contribution in [-0.2, 0) is 0 Å². The minimum atomic E-state index is -0.0374. The maximum Gasteiger partial charge on any atom is 0.251 e. The molecule has 0 radical (unpaired) electrons. The lowest BCUT2D eigenvalue weighted by molar-refractivity contribution is 0.0950. The first kappa shape index (κ1) is 12.7. The Bertz CT molecular complexity index is 350. The van der Waals surface area contributed by atoms with Gasteiger partial charge in [0.25, 0.3) is 5.91 Å². The molecule has 1 aromatic carbocycles. The Morgan fingerprint density at radius 3 is 2.75 bits per heavy atom. The third-order valence-corrected chi connectivity index (χ3v) is 2.57. The highest BCUT2D eigenvalue weighted by Gasteiger charge is 2.09. The molecule has 0 saturated carbocycles. The van der Waals surface area contributed by atoms with Gasteiger partial charge in [-0.2, -0.15) is 0 Å². The van der Waals surface area contributed by atoms with Crippen molar-refractivity contribution < 1.29 is 4.79 Å². The molecule has 1 atom stereocenters. The zero-order valence-corrected chi connectivity index (χ0v) is 9.99. The van der Waals surface area contributed by atoms with Gasteiger partial charge >= 0.3 is 0 Å². The van der Waals surface area contributed by atoms with E-state index in [1.165, 1.54) is 0 Å². The van der Waals surface area contributed by atoms with E-state index in [0.29, 0.717) is 6.54 Å². The van der Waals surface area contributed by atoms with Crippen LogP contribution in [0.3, 0.4) is 0 Å². The molecule has 0 heterocycles. The van der Waals surface area contributed by atoms with E-state index in [0.717, 1.165) is 24.0 Å². The van der Waals surface area contributed by atoms with E-state index < -0.39 is 0 Å². The van der Waals surface area contributed by atoms with Crippen LogP contribution in [0.1, 0.15) is 35.7 Å². The maximum absolute atomic E-state index is 11.8. The second kappa shape index (κ2) is 6.28. The van der Waals surface area contributed by atoms with Crippen LogP contribution in [0.15, 0.2) is 24.3 Å². The zero-order chi connectivity index (χ0) is 12.0. The molecule has 1 amide bonds. The Morgan fingerprint density at radius 1 is 1.44 bits per heavy atom. The van der Waals surface area contributed by atoms with Gasteiger partial charge in [-0.15, -0.1) is 0 Å². The third kappa shape index (κ3) is 3.66. The minimum Gasteiger partial charge on any atom is -0.350 e. The van der Waals surface area contributed by atoms with Gasteiger partial charge in [0.15, 0.2) is 0 Å². The van der Waals surface area contributed by atoms with Crippen molar-refractivity contribution in [3.05, 3.63) is 35.4 Å². The first-order valence-corrected chi connectivity index (χ1v) is 5.74. The fraction of sp³-hybridized carbons (Fsp3) is 0.462. The molecule has 3 heteroatoms. The van der Waals surface area contributed by atoms with E-state index in [4.69, 9.17) is 5.73 Å². The maximum atomic E-state index is 11.8. The molecule has 16 heavy (non-hydrogen) atoms. The van der Waals surface area contributed by atoms with Crippen LogP contribution in [0, 0.1) is 6.92 Å². The molecule has 88 valence electrons. The van der Waals surface area contributed by atoms with Crippen molar-refractivity contribution >= 4 is 5.91 Å². The molecule has 0 aliphatic heterocycles. The van der Waals surface area contributed by atoms with Gasteiger partial charge in [-0.3, -0.25) is 4.79 Å². The summed E-state index contributed by atoms with van der Waals surface area (Å²) in [4.78, 5) is 11.8. The fourth-order valence-electron chi connectivity index (χ4n) is 1.62. The molecule has 1 aromatic rings. The van der Waals surface area contributed by atoms with Crippen LogP contribution in [-0.4, -0.2) is 18.5 Å². The number of amides is 1. The first-order chi connectivity index (χ1) is 7.65. The lowest BCUT2D eigenvalue weighted by atomic mass is 10.1. The Balaban J connectivity index is 2.50. The molecule has 3 N–H and O–H groups in total. The van der Waals surface area contributed by atoms with Crippen LogP contribution < -0.4 is 11.1 Å². The average Bonchev–Trinajstić information content (AvgIpc) is 2.27. The van der Waals surface area contributed by atoms with E-state index in [1.54, 1.807) is 0 Å². The number of carbonyl (C=O) groups excluding carboxylic acids is 1. The number of rotatable bonds is 5. The normalized spacial score (nSPS) is 12.2. The number of nitrogens with one attached hydrogen (secondary N) is 1. The highest BCUT2D eigenvalue weighted by molar-refractivity contribution is 5.95. The summed E-state index contributed by atoms with van der Waals surface area (Å²) in [5.41, 5.74) is 7.55. The molecule has 1 rings (SSSR count). The Kier molecular flexibility index (Phi) is 4.99. The van der Waals surface area contributed by atoms with Gasteiger partial charge in [0.05, 0.1) is 0 Å². The number of benzene rings is 1. The minimum absolute atomic E-state index is 0.0374. The number of aryl methyl sites for hydroxylation is 1. The predicted molar refractivity (Wildman–Crippen MR) is 66.4 cm³/mol. The van der Waals surface area contributed by atoms with Crippen molar-refractivity contribution in [3.63, 3.8) is 0 Å². The molecule has 0 bridgehead atoms. The molecule has 1 unspecified atom stereocenters. The van der Waals surface area contributed by atoms with E-state index in [1.807, 2.05) is 31.2 Å². The molecule has 0 spiro atoms. The first-order valence-electron chi connectivity index (χ1n) is 5.74. The van der Waals surface area contributed by atoms with Crippen molar-refractivity contribution in [2.75, 3.05) is 6.54 Å². The molecule has 0 saturated heterocycles. The van der Waals surface area contributed by atoms with Crippen LogP contribution in [0.4, 0.5) is 0 Å². The SMILES string of the molecule is CCCC(N)CNC(=O)c1ccccc1C. The molecule has 0 aromatic heterocycles. The number of nitrogens with two attached hydrogens (primary N) is 1. The van der Waals surface area contributed by atoms with Crippen LogP contribution >= 0.6 is 0 Å². The smallest absolute Gasteiger partial charge is 0.251 e. The van der Waals surface area contributed by atoms with E-state index in [-0.39, 0.29) is 11.9 Å². The fourth-order valence-corrected chi connectivity index (χ4v) is 1.62. The molecule has 3 nitrogen and oxygen atoms in total. The van der Waals surface area contributed by atoms with Crippen molar-refractivity contribution in [3.8, 4) is 0 Å². The summed E-state index contributed by atoms with van der Waals surface area (Å²) < 4.78 is 0. The second-order valence-electron chi connectivity index (χ2n) is 4.07. The summed E-state index contributed by atoms with van der Waals surface area (Å²) in [7, 11) is 0. The molecule has 0 aliphatic rings. The lowest BCUT2D eigenvalue weighted by Gasteiger charge is -2.12. The topological polar surface area (TPSA) is 55.1 Å². The molecular weight excluding hydrogens is 200 g/mol. The largest absolute Gasteiger partial charge is 0.350 e. The van der Waals surface area contributed by atoms with Crippen molar-refractivity contribution in [2.45, 2.75) is 32.7 Å². The summed E-state index contributed by atoms with van der Waals surface area (Å²) in [5.74, 6) is -0.0374. The second-order valence-corrected chi connectivity index (χ2v) is 4.07. The van der Waals surface area contributed by atoms with Gasteiger partial charge in [0.1, 0.15) is 0 Å². The molecular formula is C13H20N2O. The van der Waals surface area contributed by atoms with Gasteiger partial charge < -0.3 is 11.1 Å². The average molecular weight is 220 g/mol. The zero-order valence-electron chi connectivity index (χ0n) is 9.99. The highest BCUT2D eigenvalue weighted by Crippen LogP contribution is 2.06. The van der Waals surface area contributed by atoms with Crippen LogP contribution in [0.2, 0.25) is 0 Å². The van der Waals surface area contributed by atoms with Crippen LogP contribution in [0.25, 0.3) is 0 Å². The number of carbonyl (C=O) groups is 1. The number of hydrogen-bond acceptors (Lipinski definition) is 2. The molecule has 0 aliphatic carbocycles. The summed E-state index contributed by atoms with van der Waals surface area (Å²) in [5, 5.41) is 2.86. The predicted octanol–water partition coefficient (Wildman–Crippen LogP) is 1.85. The number of hydrogen-bond donors (Lipinski definition) is 2. The highest BCUT2D eigenvalue weighted by atomic mass is 16.1. The standard InChI is InChI=1S/C13H20N2O/c1-3-6-11(14)9-15-13(16)12-8-5-4-7-10(12)2/h4-5,7-8,11H,3,6,9,14H2,1-2H3,(H,15,16). The van der Waals surface area contributed by atoms with Gasteiger partial charge in [-0.05, 0) is 25.0 Å². The van der Waals surface area contributed by atoms with Gasteiger partial charge in [0.2, 0.25) is 0 Å². The van der Waals surface area contributed by atoms with Crippen molar-refractivity contribution in [1.29, 1.82) is 0 Å². The summed E-state index contributed by atoms with van der Waals surface area (Å²) in [6.45, 7) is 4.56. The Hall–Kier alpha value is -1.35. The summed E-state index contributed by atoms with van der Waals surface area (Å²) in [6.07, 6.45) is 1.98. The van der Waals surface area contributed by atoms with Crippen molar-refractivity contribution in [2.24, 2.45) is 5.73 Å².